The predicted octanol–water partition coefficient (Wildman–Crippen LogP) is 4.50. The topological polar surface area (TPSA) is 65.7 Å². The Morgan fingerprint density at radius 3 is 2.70 bits per heavy atom. The van der Waals surface area contributed by atoms with Gasteiger partial charge in [0, 0.05) is 12.4 Å². The average molecular weight is 363 g/mol. The molecule has 0 saturated heterocycles. The van der Waals surface area contributed by atoms with Gasteiger partial charge in [0.15, 0.2) is 11.5 Å². The first-order chi connectivity index (χ1) is 13.3. The zero-order valence-corrected chi connectivity index (χ0v) is 15.8. The van der Waals surface area contributed by atoms with Gasteiger partial charge in [-0.3, -0.25) is 4.98 Å². The van der Waals surface area contributed by atoms with Crippen molar-refractivity contribution in [3.05, 3.63) is 30.4 Å². The fourth-order valence-electron chi connectivity index (χ4n) is 4.10. The van der Waals surface area contributed by atoms with Crippen LogP contribution in [0.1, 0.15) is 63.6 Å². The van der Waals surface area contributed by atoms with Crippen molar-refractivity contribution < 1.29 is 4.74 Å². The van der Waals surface area contributed by atoms with Crippen LogP contribution in [0.2, 0.25) is 0 Å². The normalized spacial score (nSPS) is 18.1. The summed E-state index contributed by atoms with van der Waals surface area (Å²) in [6, 6.07) is 2.41. The summed E-state index contributed by atoms with van der Waals surface area (Å²) >= 11 is 0. The minimum Gasteiger partial charge on any atom is -0.488 e. The maximum Gasteiger partial charge on any atom is 0.165 e. The molecular formula is C21H25N5O. The van der Waals surface area contributed by atoms with Crippen LogP contribution in [0.4, 0.5) is 0 Å². The van der Waals surface area contributed by atoms with Crippen molar-refractivity contribution >= 4 is 11.0 Å². The SMILES string of the molecule is CCc1nn(C2CCCC2)c2nc(-c3ccncc3OC3CCC3)ncc12. The molecule has 5 rings (SSSR count). The quantitative estimate of drug-likeness (QED) is 0.668. The van der Waals surface area contributed by atoms with Crippen LogP contribution in [-0.4, -0.2) is 30.8 Å². The number of pyridine rings is 1. The predicted molar refractivity (Wildman–Crippen MR) is 104 cm³/mol. The average Bonchev–Trinajstić information content (AvgIpc) is 3.32. The van der Waals surface area contributed by atoms with Gasteiger partial charge in [0.2, 0.25) is 0 Å². The number of aryl methyl sites for hydroxylation is 1. The lowest BCUT2D eigenvalue weighted by Gasteiger charge is -2.27. The van der Waals surface area contributed by atoms with Crippen LogP contribution in [-0.2, 0) is 6.42 Å². The number of fused-ring (bicyclic) bond motifs is 1. The van der Waals surface area contributed by atoms with E-state index in [0.717, 1.165) is 47.3 Å². The smallest absolute Gasteiger partial charge is 0.165 e. The molecule has 3 aromatic rings. The Labute approximate surface area is 159 Å². The van der Waals surface area contributed by atoms with Gasteiger partial charge in [-0.15, -0.1) is 0 Å². The van der Waals surface area contributed by atoms with E-state index in [2.05, 4.69) is 21.6 Å². The highest BCUT2D eigenvalue weighted by Crippen LogP contribution is 2.35. The Morgan fingerprint density at radius 2 is 1.96 bits per heavy atom. The highest BCUT2D eigenvalue weighted by atomic mass is 16.5. The van der Waals surface area contributed by atoms with Gasteiger partial charge >= 0.3 is 0 Å². The highest BCUT2D eigenvalue weighted by Gasteiger charge is 2.24. The largest absolute Gasteiger partial charge is 0.488 e. The molecule has 3 heterocycles. The molecule has 0 N–H and O–H groups in total. The van der Waals surface area contributed by atoms with Crippen molar-refractivity contribution in [3.63, 3.8) is 0 Å². The van der Waals surface area contributed by atoms with E-state index in [1.54, 1.807) is 12.4 Å². The van der Waals surface area contributed by atoms with Crippen molar-refractivity contribution in [2.45, 2.75) is 70.4 Å². The van der Waals surface area contributed by atoms with Crippen molar-refractivity contribution in [1.82, 2.24) is 24.7 Å². The second-order valence-corrected chi connectivity index (χ2v) is 7.66. The van der Waals surface area contributed by atoms with Gasteiger partial charge < -0.3 is 4.74 Å². The van der Waals surface area contributed by atoms with E-state index in [-0.39, 0.29) is 0 Å². The molecule has 0 aliphatic heterocycles. The summed E-state index contributed by atoms with van der Waals surface area (Å²) in [5, 5.41) is 5.96. The van der Waals surface area contributed by atoms with Crippen LogP contribution >= 0.6 is 0 Å². The van der Waals surface area contributed by atoms with Crippen molar-refractivity contribution in [3.8, 4) is 17.1 Å². The zero-order valence-electron chi connectivity index (χ0n) is 15.8. The lowest BCUT2D eigenvalue weighted by molar-refractivity contribution is 0.120. The van der Waals surface area contributed by atoms with Crippen LogP contribution in [0.5, 0.6) is 5.75 Å². The molecule has 6 nitrogen and oxygen atoms in total. The number of nitrogens with zero attached hydrogens (tertiary/aromatic N) is 5. The maximum atomic E-state index is 6.14. The van der Waals surface area contributed by atoms with E-state index in [9.17, 15) is 0 Å². The first kappa shape index (κ1) is 16.7. The lowest BCUT2D eigenvalue weighted by Crippen LogP contribution is -2.24. The third kappa shape index (κ3) is 2.97. The van der Waals surface area contributed by atoms with Crippen LogP contribution < -0.4 is 4.74 Å². The Kier molecular flexibility index (Phi) is 4.26. The summed E-state index contributed by atoms with van der Waals surface area (Å²) in [5.41, 5.74) is 2.95. The van der Waals surface area contributed by atoms with E-state index in [0.29, 0.717) is 18.0 Å². The first-order valence-electron chi connectivity index (χ1n) is 10.2. The van der Waals surface area contributed by atoms with Crippen LogP contribution in [0.25, 0.3) is 22.4 Å². The van der Waals surface area contributed by atoms with E-state index >= 15 is 0 Å². The fraction of sp³-hybridized carbons (Fsp3) is 0.524. The molecule has 2 saturated carbocycles. The Morgan fingerprint density at radius 1 is 1.11 bits per heavy atom. The highest BCUT2D eigenvalue weighted by molar-refractivity contribution is 5.80. The fourth-order valence-corrected chi connectivity index (χ4v) is 4.10. The Hall–Kier alpha value is -2.50. The van der Waals surface area contributed by atoms with Crippen molar-refractivity contribution in [2.75, 3.05) is 0 Å². The van der Waals surface area contributed by atoms with E-state index in [4.69, 9.17) is 14.8 Å². The summed E-state index contributed by atoms with van der Waals surface area (Å²) in [6.45, 7) is 2.14. The van der Waals surface area contributed by atoms with Gasteiger partial charge in [-0.25, -0.2) is 14.6 Å². The molecule has 0 aromatic carbocycles. The summed E-state index contributed by atoms with van der Waals surface area (Å²) in [7, 11) is 0. The minimum absolute atomic E-state index is 0.299. The van der Waals surface area contributed by atoms with Gasteiger partial charge in [0.05, 0.1) is 35.0 Å². The Balaban J connectivity index is 1.59. The lowest BCUT2D eigenvalue weighted by atomic mass is 9.96. The van der Waals surface area contributed by atoms with Crippen LogP contribution in [0, 0.1) is 0 Å². The summed E-state index contributed by atoms with van der Waals surface area (Å²) < 4.78 is 8.29. The molecule has 140 valence electrons. The monoisotopic (exact) mass is 363 g/mol. The molecule has 2 fully saturated rings. The van der Waals surface area contributed by atoms with Gasteiger partial charge in [-0.2, -0.15) is 5.10 Å². The maximum absolute atomic E-state index is 6.14. The molecule has 0 spiro atoms. The number of hydrogen-bond acceptors (Lipinski definition) is 5. The molecule has 0 atom stereocenters. The molecule has 2 aliphatic carbocycles. The van der Waals surface area contributed by atoms with E-state index in [1.807, 2.05) is 12.3 Å². The standard InChI is InChI=1S/C21H25N5O/c1-2-18-17-12-23-20(24-21(17)26(25-18)14-6-3-4-7-14)16-10-11-22-13-19(16)27-15-8-5-9-15/h10-15H,2-9H2,1H3. The molecule has 0 bridgehead atoms. The van der Waals surface area contributed by atoms with E-state index < -0.39 is 0 Å². The molecule has 2 aliphatic rings. The molecule has 27 heavy (non-hydrogen) atoms. The molecule has 0 radical (unpaired) electrons. The van der Waals surface area contributed by atoms with Crippen LogP contribution in [0.3, 0.4) is 0 Å². The summed E-state index contributed by atoms with van der Waals surface area (Å²) in [4.78, 5) is 13.9. The molecule has 6 heteroatoms. The molecular weight excluding hydrogens is 338 g/mol. The number of aromatic nitrogens is 5. The molecule has 3 aromatic heterocycles. The summed E-state index contributed by atoms with van der Waals surface area (Å²) in [5.74, 6) is 1.48. The molecule has 0 amide bonds. The van der Waals surface area contributed by atoms with Crippen molar-refractivity contribution in [1.29, 1.82) is 0 Å². The zero-order chi connectivity index (χ0) is 18.2. The van der Waals surface area contributed by atoms with Gasteiger partial charge in [-0.1, -0.05) is 19.8 Å². The van der Waals surface area contributed by atoms with E-state index in [1.165, 1.54) is 32.1 Å². The number of rotatable bonds is 5. The third-order valence-electron chi connectivity index (χ3n) is 5.90. The molecule has 0 unspecified atom stereocenters. The van der Waals surface area contributed by atoms with Gasteiger partial charge in [0.25, 0.3) is 0 Å². The van der Waals surface area contributed by atoms with Gasteiger partial charge in [0.1, 0.15) is 5.75 Å². The van der Waals surface area contributed by atoms with Gasteiger partial charge in [-0.05, 0) is 44.6 Å². The first-order valence-corrected chi connectivity index (χ1v) is 10.2. The summed E-state index contributed by atoms with van der Waals surface area (Å²) in [6.07, 6.45) is 15.1. The second kappa shape index (κ2) is 6.91. The number of ether oxygens (including phenoxy) is 1. The third-order valence-corrected chi connectivity index (χ3v) is 5.90. The minimum atomic E-state index is 0.299. The number of hydrogen-bond donors (Lipinski definition) is 0. The van der Waals surface area contributed by atoms with Crippen molar-refractivity contribution in [2.24, 2.45) is 0 Å². The van der Waals surface area contributed by atoms with Crippen LogP contribution in [0.15, 0.2) is 24.7 Å². The second-order valence-electron chi connectivity index (χ2n) is 7.66. The Bertz CT molecular complexity index is 956.